The summed E-state index contributed by atoms with van der Waals surface area (Å²) in [6, 6.07) is 13.2. The Kier molecular flexibility index (Phi) is 9.21. The molecule has 3 aliphatic rings. The molecule has 2 aromatic carbocycles. The molecule has 0 saturated heterocycles. The molecule has 3 unspecified atom stereocenters. The molecule has 2 aromatic rings. The molecule has 1 spiro atoms. The van der Waals surface area contributed by atoms with E-state index in [1.165, 1.54) is 70.7 Å². The lowest BCUT2D eigenvalue weighted by Gasteiger charge is -2.31. The average Bonchev–Trinajstić information content (AvgIpc) is 3.67. The molecule has 0 radical (unpaired) electrons. The minimum atomic E-state index is -3.18. The number of hydrogen-bond acceptors (Lipinski definition) is 6. The highest BCUT2D eigenvalue weighted by Gasteiger charge is 2.54. The molecule has 0 bridgehead atoms. The second-order valence-corrected chi connectivity index (χ2v) is 14.6. The fourth-order valence-electron chi connectivity index (χ4n) is 7.07. The number of anilines is 1. The Labute approximate surface area is 257 Å². The molecule has 3 atom stereocenters. The number of rotatable bonds is 12. The first-order chi connectivity index (χ1) is 20.4. The smallest absolute Gasteiger partial charge is 0.306 e. The van der Waals surface area contributed by atoms with Crippen LogP contribution in [0.3, 0.4) is 0 Å². The van der Waals surface area contributed by atoms with Gasteiger partial charge in [-0.15, -0.1) is 0 Å². The molecule has 0 aromatic heterocycles. The molecule has 1 fully saturated rings. The van der Waals surface area contributed by atoms with Gasteiger partial charge in [0.2, 0.25) is 10.0 Å². The van der Waals surface area contributed by atoms with Crippen molar-refractivity contribution in [2.24, 2.45) is 11.3 Å². The third-order valence-electron chi connectivity index (χ3n) is 9.86. The standard InChI is InChI=1S/C35H46N2O5S/c1-22-17-32(42-16-8-15-37-43(6,39)40)23(2)24(3)34(22)29-10-7-9-26(25(29)4)21-36-28-11-12-30-27(18-28)20-35(13-14-35)31(30)19-33(38)41-5/h7,9-12,17-18,23,31-32,36-37H,8,13-16,19-21H2,1-6H3. The molecular formula is C35H46N2O5S. The Balaban J connectivity index is 1.25. The van der Waals surface area contributed by atoms with Crippen LogP contribution in [0, 0.1) is 18.3 Å². The van der Waals surface area contributed by atoms with E-state index in [0.717, 1.165) is 18.7 Å². The number of fused-ring (bicyclic) bond motifs is 1. The normalized spacial score (nSPS) is 22.4. The molecule has 3 aliphatic carbocycles. The Hall–Kier alpha value is -2.94. The van der Waals surface area contributed by atoms with E-state index in [1.807, 2.05) is 0 Å². The van der Waals surface area contributed by atoms with Gasteiger partial charge in [0.1, 0.15) is 0 Å². The van der Waals surface area contributed by atoms with Crippen molar-refractivity contribution in [3.8, 4) is 0 Å². The first-order valence-electron chi connectivity index (χ1n) is 15.4. The maximum Gasteiger partial charge on any atom is 0.306 e. The molecular weight excluding hydrogens is 560 g/mol. The van der Waals surface area contributed by atoms with Crippen molar-refractivity contribution < 1.29 is 22.7 Å². The molecule has 232 valence electrons. The minimum Gasteiger partial charge on any atom is -0.469 e. The van der Waals surface area contributed by atoms with Gasteiger partial charge in [0.15, 0.2) is 0 Å². The van der Waals surface area contributed by atoms with Crippen LogP contribution in [0.15, 0.2) is 53.6 Å². The summed E-state index contributed by atoms with van der Waals surface area (Å²) in [6.07, 6.45) is 7.89. The van der Waals surface area contributed by atoms with Crippen molar-refractivity contribution in [1.29, 1.82) is 0 Å². The van der Waals surface area contributed by atoms with Gasteiger partial charge in [-0.1, -0.05) is 42.8 Å². The van der Waals surface area contributed by atoms with E-state index in [9.17, 15) is 13.2 Å². The number of nitrogens with one attached hydrogen (secondary N) is 2. The second-order valence-electron chi connectivity index (χ2n) is 12.8. The molecule has 0 amide bonds. The number of methoxy groups -OCH3 is 1. The van der Waals surface area contributed by atoms with E-state index >= 15 is 0 Å². The van der Waals surface area contributed by atoms with Gasteiger partial charge in [0.25, 0.3) is 0 Å². The lowest BCUT2D eigenvalue weighted by Crippen LogP contribution is -2.28. The third-order valence-corrected chi connectivity index (χ3v) is 10.6. The molecule has 8 heteroatoms. The van der Waals surface area contributed by atoms with Gasteiger partial charge in [-0.2, -0.15) is 0 Å². The summed E-state index contributed by atoms with van der Waals surface area (Å²) >= 11 is 0. The number of ether oxygens (including phenoxy) is 2. The molecule has 5 rings (SSSR count). The van der Waals surface area contributed by atoms with Crippen LogP contribution in [0.2, 0.25) is 0 Å². The van der Waals surface area contributed by atoms with E-state index in [2.05, 4.69) is 80.2 Å². The lowest BCUT2D eigenvalue weighted by molar-refractivity contribution is -0.141. The molecule has 7 nitrogen and oxygen atoms in total. The van der Waals surface area contributed by atoms with Gasteiger partial charge in [-0.3, -0.25) is 4.79 Å². The monoisotopic (exact) mass is 606 g/mol. The zero-order chi connectivity index (χ0) is 30.9. The van der Waals surface area contributed by atoms with Crippen LogP contribution in [-0.2, 0) is 37.3 Å². The van der Waals surface area contributed by atoms with Crippen molar-refractivity contribution in [2.45, 2.75) is 78.4 Å². The number of sulfonamides is 1. The van der Waals surface area contributed by atoms with Crippen LogP contribution >= 0.6 is 0 Å². The van der Waals surface area contributed by atoms with E-state index in [4.69, 9.17) is 9.47 Å². The summed E-state index contributed by atoms with van der Waals surface area (Å²) in [7, 11) is -1.70. The van der Waals surface area contributed by atoms with E-state index in [-0.39, 0.29) is 29.3 Å². The number of esters is 1. The molecule has 0 heterocycles. The minimum absolute atomic E-state index is 0.0334. The lowest BCUT2D eigenvalue weighted by atomic mass is 9.79. The Morgan fingerprint density at radius 1 is 1.12 bits per heavy atom. The number of carbonyl (C=O) groups is 1. The SMILES string of the molecule is COC(=O)CC1c2ccc(NCc3cccc(C4=C(C)C(C)C(OCCCNS(C)(=O)=O)C=C4C)c3C)cc2CC12CC2. The van der Waals surface area contributed by atoms with Gasteiger partial charge < -0.3 is 14.8 Å². The summed E-state index contributed by atoms with van der Waals surface area (Å²) in [5.74, 6) is 0.370. The highest BCUT2D eigenvalue weighted by atomic mass is 32.2. The van der Waals surface area contributed by atoms with Gasteiger partial charge in [-0.25, -0.2) is 13.1 Å². The zero-order valence-corrected chi connectivity index (χ0v) is 27.2. The maximum absolute atomic E-state index is 12.1. The van der Waals surface area contributed by atoms with Gasteiger partial charge in [0, 0.05) is 37.2 Å². The summed E-state index contributed by atoms with van der Waals surface area (Å²) < 4.78 is 36.3. The van der Waals surface area contributed by atoms with E-state index in [0.29, 0.717) is 26.0 Å². The van der Waals surface area contributed by atoms with Crippen LogP contribution in [-0.4, -0.2) is 47.0 Å². The number of allylic oxidation sites excluding steroid dienone is 2. The highest BCUT2D eigenvalue weighted by Crippen LogP contribution is 2.64. The second kappa shape index (κ2) is 12.6. The Morgan fingerprint density at radius 2 is 1.88 bits per heavy atom. The fourth-order valence-corrected chi connectivity index (χ4v) is 7.59. The largest absolute Gasteiger partial charge is 0.469 e. The molecule has 1 saturated carbocycles. The predicted octanol–water partition coefficient (Wildman–Crippen LogP) is 6.28. The van der Waals surface area contributed by atoms with Gasteiger partial charge in [0.05, 0.1) is 25.9 Å². The fraction of sp³-hybridized carbons (Fsp3) is 0.514. The average molecular weight is 607 g/mol. The van der Waals surface area contributed by atoms with Crippen LogP contribution in [0.1, 0.15) is 80.2 Å². The van der Waals surface area contributed by atoms with Crippen LogP contribution in [0.4, 0.5) is 5.69 Å². The molecule has 0 aliphatic heterocycles. The van der Waals surface area contributed by atoms with E-state index in [1.54, 1.807) is 0 Å². The van der Waals surface area contributed by atoms with Gasteiger partial charge >= 0.3 is 5.97 Å². The number of hydrogen-bond donors (Lipinski definition) is 2. The molecule has 2 N–H and O–H groups in total. The predicted molar refractivity (Wildman–Crippen MR) is 172 cm³/mol. The maximum atomic E-state index is 12.1. The summed E-state index contributed by atoms with van der Waals surface area (Å²) in [6.45, 7) is 10.4. The quantitative estimate of drug-likeness (QED) is 0.218. The third kappa shape index (κ3) is 6.92. The topological polar surface area (TPSA) is 93.7 Å². The number of benzene rings is 2. The van der Waals surface area contributed by atoms with Crippen LogP contribution in [0.25, 0.3) is 5.57 Å². The first-order valence-corrected chi connectivity index (χ1v) is 17.3. The number of carbonyl (C=O) groups excluding carboxylic acids is 1. The Bertz CT molecular complexity index is 1550. The van der Waals surface area contributed by atoms with Crippen LogP contribution in [0.5, 0.6) is 0 Å². The van der Waals surface area contributed by atoms with Crippen molar-refractivity contribution >= 4 is 27.3 Å². The zero-order valence-electron chi connectivity index (χ0n) is 26.4. The van der Waals surface area contributed by atoms with Crippen molar-refractivity contribution in [1.82, 2.24) is 4.72 Å². The highest BCUT2D eigenvalue weighted by molar-refractivity contribution is 7.88. The molecule has 43 heavy (non-hydrogen) atoms. The Morgan fingerprint density at radius 3 is 2.58 bits per heavy atom. The van der Waals surface area contributed by atoms with Crippen molar-refractivity contribution in [3.05, 3.63) is 81.4 Å². The van der Waals surface area contributed by atoms with Crippen molar-refractivity contribution in [3.63, 3.8) is 0 Å². The van der Waals surface area contributed by atoms with E-state index < -0.39 is 10.0 Å². The van der Waals surface area contributed by atoms with Gasteiger partial charge in [-0.05, 0) is 103 Å². The van der Waals surface area contributed by atoms with Crippen LogP contribution < -0.4 is 10.0 Å². The van der Waals surface area contributed by atoms with Crippen molar-refractivity contribution in [2.75, 3.05) is 31.8 Å². The summed E-state index contributed by atoms with van der Waals surface area (Å²) in [5, 5.41) is 3.67. The first kappa shape index (κ1) is 31.5. The summed E-state index contributed by atoms with van der Waals surface area (Å²) in [4.78, 5) is 12.1. The summed E-state index contributed by atoms with van der Waals surface area (Å²) in [5.41, 5.74) is 11.6.